The van der Waals surface area contributed by atoms with Crippen molar-refractivity contribution in [1.29, 1.82) is 0 Å². The maximum atomic E-state index is 12.7. The molecule has 0 radical (unpaired) electrons. The molecule has 2 aromatic carbocycles. The van der Waals surface area contributed by atoms with Crippen LogP contribution in [0.3, 0.4) is 0 Å². The Bertz CT molecular complexity index is 1010. The number of halogens is 3. The highest BCUT2D eigenvalue weighted by Gasteiger charge is 2.44. The minimum Gasteiger partial charge on any atom is -0.481 e. The standard InChI is InChI=1S/C22H18F3NO3/c23-22(24,25)15-5-1-14(2-6-15)20-10-9-17(29-20)12-26-16-7-3-13(4-8-16)18-11-19(18)21(27)28/h1-10,18-19,26H,11-12H2,(H,27,28)/t18-,19+/m0/s1. The van der Waals surface area contributed by atoms with Crippen LogP contribution in [-0.2, 0) is 17.5 Å². The molecule has 0 amide bonds. The van der Waals surface area contributed by atoms with Crippen LogP contribution in [0.2, 0.25) is 0 Å². The largest absolute Gasteiger partial charge is 0.481 e. The zero-order valence-corrected chi connectivity index (χ0v) is 15.2. The SMILES string of the molecule is O=C(O)[C@@H]1C[C@H]1c1ccc(NCc2ccc(-c3ccc(C(F)(F)F)cc3)o2)cc1. The van der Waals surface area contributed by atoms with Gasteiger partial charge in [-0.15, -0.1) is 0 Å². The van der Waals surface area contributed by atoms with Gasteiger partial charge in [0.05, 0.1) is 18.0 Å². The zero-order valence-electron chi connectivity index (χ0n) is 15.2. The second-order valence-electron chi connectivity index (χ2n) is 7.10. The van der Waals surface area contributed by atoms with Crippen molar-refractivity contribution in [1.82, 2.24) is 0 Å². The summed E-state index contributed by atoms with van der Waals surface area (Å²) in [5.41, 5.74) is 1.77. The van der Waals surface area contributed by atoms with Crippen molar-refractivity contribution in [3.63, 3.8) is 0 Å². The molecule has 7 heteroatoms. The molecule has 0 spiro atoms. The predicted octanol–water partition coefficient (Wildman–Crippen LogP) is 5.77. The first kappa shape index (κ1) is 19.1. The summed E-state index contributed by atoms with van der Waals surface area (Å²) in [6.45, 7) is 0.418. The molecule has 29 heavy (non-hydrogen) atoms. The van der Waals surface area contributed by atoms with E-state index in [9.17, 15) is 18.0 Å². The van der Waals surface area contributed by atoms with E-state index in [0.29, 0.717) is 30.0 Å². The van der Waals surface area contributed by atoms with E-state index in [4.69, 9.17) is 9.52 Å². The highest BCUT2D eigenvalue weighted by Crippen LogP contribution is 2.47. The van der Waals surface area contributed by atoms with E-state index in [1.54, 1.807) is 12.1 Å². The second kappa shape index (κ2) is 7.31. The van der Waals surface area contributed by atoms with Gasteiger partial charge in [0.2, 0.25) is 0 Å². The molecule has 150 valence electrons. The second-order valence-corrected chi connectivity index (χ2v) is 7.10. The van der Waals surface area contributed by atoms with Gasteiger partial charge in [-0.3, -0.25) is 4.79 Å². The molecule has 3 aromatic rings. The fourth-order valence-electron chi connectivity index (χ4n) is 3.33. The van der Waals surface area contributed by atoms with Gasteiger partial charge in [-0.25, -0.2) is 0 Å². The van der Waals surface area contributed by atoms with Crippen LogP contribution in [0.4, 0.5) is 18.9 Å². The fourth-order valence-corrected chi connectivity index (χ4v) is 3.33. The van der Waals surface area contributed by atoms with Gasteiger partial charge >= 0.3 is 12.1 Å². The molecule has 1 heterocycles. The molecular formula is C22H18F3NO3. The summed E-state index contributed by atoms with van der Waals surface area (Å²) in [6.07, 6.45) is -3.68. The number of nitrogens with one attached hydrogen (secondary N) is 1. The Balaban J connectivity index is 1.35. The minimum absolute atomic E-state index is 0.0953. The molecular weight excluding hydrogens is 383 g/mol. The quantitative estimate of drug-likeness (QED) is 0.551. The molecule has 1 aromatic heterocycles. The first-order chi connectivity index (χ1) is 13.8. The summed E-state index contributed by atoms with van der Waals surface area (Å²) in [5.74, 6) is 0.216. The average Bonchev–Trinajstić information content (AvgIpc) is 3.37. The van der Waals surface area contributed by atoms with Gasteiger partial charge in [-0.1, -0.05) is 24.3 Å². The average molecular weight is 401 g/mol. The molecule has 2 atom stereocenters. The third-order valence-electron chi connectivity index (χ3n) is 5.07. The molecule has 0 aliphatic heterocycles. The third-order valence-corrected chi connectivity index (χ3v) is 5.07. The first-order valence-corrected chi connectivity index (χ1v) is 9.14. The van der Waals surface area contributed by atoms with Crippen molar-refractivity contribution in [3.05, 3.63) is 77.6 Å². The lowest BCUT2D eigenvalue weighted by atomic mass is 10.1. The van der Waals surface area contributed by atoms with Gasteiger partial charge in [0.15, 0.2) is 0 Å². The van der Waals surface area contributed by atoms with E-state index in [2.05, 4.69) is 5.32 Å². The van der Waals surface area contributed by atoms with Crippen molar-refractivity contribution in [3.8, 4) is 11.3 Å². The normalized spacial score (nSPS) is 18.4. The molecule has 4 nitrogen and oxygen atoms in total. The molecule has 1 saturated carbocycles. The Morgan fingerprint density at radius 1 is 1.03 bits per heavy atom. The molecule has 0 unspecified atom stereocenters. The van der Waals surface area contributed by atoms with Crippen molar-refractivity contribution in [2.75, 3.05) is 5.32 Å². The minimum atomic E-state index is -4.36. The Morgan fingerprint density at radius 2 is 1.72 bits per heavy atom. The zero-order chi connectivity index (χ0) is 20.6. The number of alkyl halides is 3. The Kier molecular flexibility index (Phi) is 4.82. The monoisotopic (exact) mass is 401 g/mol. The molecule has 1 fully saturated rings. The van der Waals surface area contributed by atoms with E-state index in [0.717, 1.165) is 23.4 Å². The van der Waals surface area contributed by atoms with Gasteiger partial charge in [0.25, 0.3) is 0 Å². The van der Waals surface area contributed by atoms with Crippen molar-refractivity contribution in [2.45, 2.75) is 25.1 Å². The number of rotatable bonds is 6. The predicted molar refractivity (Wildman–Crippen MR) is 101 cm³/mol. The lowest BCUT2D eigenvalue weighted by Gasteiger charge is -2.07. The highest BCUT2D eigenvalue weighted by molar-refractivity contribution is 5.75. The number of hydrogen-bond donors (Lipinski definition) is 2. The van der Waals surface area contributed by atoms with Gasteiger partial charge in [-0.05, 0) is 54.3 Å². The van der Waals surface area contributed by atoms with E-state index >= 15 is 0 Å². The lowest BCUT2D eigenvalue weighted by molar-refractivity contribution is -0.139. The maximum absolute atomic E-state index is 12.7. The number of carbonyl (C=O) groups is 1. The molecule has 1 aliphatic rings. The van der Waals surface area contributed by atoms with Crippen molar-refractivity contribution in [2.24, 2.45) is 5.92 Å². The summed E-state index contributed by atoms with van der Waals surface area (Å²) >= 11 is 0. The van der Waals surface area contributed by atoms with E-state index in [1.165, 1.54) is 12.1 Å². The molecule has 2 N–H and O–H groups in total. The van der Waals surface area contributed by atoms with Crippen LogP contribution in [0.25, 0.3) is 11.3 Å². The van der Waals surface area contributed by atoms with Crippen LogP contribution in [0, 0.1) is 5.92 Å². The van der Waals surface area contributed by atoms with Gasteiger partial charge in [0, 0.05) is 11.3 Å². The van der Waals surface area contributed by atoms with Crippen LogP contribution in [0.1, 0.15) is 29.2 Å². The van der Waals surface area contributed by atoms with Crippen molar-refractivity contribution >= 4 is 11.7 Å². The van der Waals surface area contributed by atoms with Crippen LogP contribution in [0.5, 0.6) is 0 Å². The maximum Gasteiger partial charge on any atom is 0.416 e. The smallest absolute Gasteiger partial charge is 0.416 e. The number of carboxylic acid groups (broad SMARTS) is 1. The first-order valence-electron chi connectivity index (χ1n) is 9.14. The summed E-state index contributed by atoms with van der Waals surface area (Å²) in [6, 6.07) is 16.0. The van der Waals surface area contributed by atoms with E-state index in [-0.39, 0.29) is 11.8 Å². The fraction of sp³-hybridized carbons (Fsp3) is 0.227. The van der Waals surface area contributed by atoms with E-state index in [1.807, 2.05) is 24.3 Å². The van der Waals surface area contributed by atoms with Gasteiger partial charge < -0.3 is 14.8 Å². The topological polar surface area (TPSA) is 62.5 Å². The van der Waals surface area contributed by atoms with Crippen LogP contribution < -0.4 is 5.32 Å². The Labute approximate surface area is 165 Å². The summed E-state index contributed by atoms with van der Waals surface area (Å²) in [7, 11) is 0. The number of furan rings is 1. The lowest BCUT2D eigenvalue weighted by Crippen LogP contribution is -2.03. The van der Waals surface area contributed by atoms with Gasteiger partial charge in [0.1, 0.15) is 11.5 Å². The van der Waals surface area contributed by atoms with Crippen LogP contribution in [0.15, 0.2) is 65.1 Å². The summed E-state index contributed by atoms with van der Waals surface area (Å²) in [5, 5.41) is 12.2. The third kappa shape index (κ3) is 4.29. The van der Waals surface area contributed by atoms with Crippen LogP contribution >= 0.6 is 0 Å². The summed E-state index contributed by atoms with van der Waals surface area (Å²) < 4.78 is 43.7. The number of anilines is 1. The number of hydrogen-bond acceptors (Lipinski definition) is 3. The number of benzene rings is 2. The summed E-state index contributed by atoms with van der Waals surface area (Å²) in [4.78, 5) is 11.0. The Morgan fingerprint density at radius 3 is 2.31 bits per heavy atom. The van der Waals surface area contributed by atoms with Crippen molar-refractivity contribution < 1.29 is 27.5 Å². The molecule has 0 bridgehead atoms. The highest BCUT2D eigenvalue weighted by atomic mass is 19.4. The number of carboxylic acids is 1. The Hall–Kier alpha value is -3.22. The van der Waals surface area contributed by atoms with E-state index < -0.39 is 17.7 Å². The number of aliphatic carboxylic acids is 1. The molecule has 4 rings (SSSR count). The molecule has 1 aliphatic carbocycles. The van der Waals surface area contributed by atoms with Gasteiger partial charge in [-0.2, -0.15) is 13.2 Å². The molecule has 0 saturated heterocycles. The van der Waals surface area contributed by atoms with Crippen LogP contribution in [-0.4, -0.2) is 11.1 Å².